The maximum Gasteiger partial charge on any atom is 0.191 e. The van der Waals surface area contributed by atoms with Crippen LogP contribution in [-0.2, 0) is 13.6 Å². The Morgan fingerprint density at radius 2 is 1.95 bits per heavy atom. The highest BCUT2D eigenvalue weighted by molar-refractivity contribution is 14.0. The molecule has 122 valence electrons. The summed E-state index contributed by atoms with van der Waals surface area (Å²) < 4.78 is 2.04. The average Bonchev–Trinajstić information content (AvgIpc) is 2.76. The van der Waals surface area contributed by atoms with Gasteiger partial charge in [-0.3, -0.25) is 0 Å². The molecule has 1 aromatic rings. The van der Waals surface area contributed by atoms with Crippen LogP contribution in [0.25, 0.3) is 0 Å². The molecule has 0 bridgehead atoms. The molecule has 0 unspecified atom stereocenters. The van der Waals surface area contributed by atoms with Crippen molar-refractivity contribution < 1.29 is 0 Å². The van der Waals surface area contributed by atoms with Gasteiger partial charge in [0.25, 0.3) is 0 Å². The molecule has 0 aromatic carbocycles. The average molecular weight is 407 g/mol. The third-order valence-electron chi connectivity index (χ3n) is 2.73. The predicted molar refractivity (Wildman–Crippen MR) is 101 cm³/mol. The SMILES string of the molecule is CCNC(=NCc1ccn(C)c1)NCCNC(C)(C)C.I. The van der Waals surface area contributed by atoms with Crippen molar-refractivity contribution >= 4 is 29.9 Å². The number of hydrogen-bond donors (Lipinski definition) is 3. The summed E-state index contributed by atoms with van der Waals surface area (Å²) in [6.45, 7) is 11.9. The Balaban J connectivity index is 0.00000400. The molecule has 1 aromatic heterocycles. The fraction of sp³-hybridized carbons (Fsp3) is 0.667. The number of guanidine groups is 1. The second kappa shape index (κ2) is 10.0. The van der Waals surface area contributed by atoms with E-state index in [-0.39, 0.29) is 29.5 Å². The van der Waals surface area contributed by atoms with E-state index in [0.717, 1.165) is 25.6 Å². The molecule has 0 aliphatic carbocycles. The number of nitrogens with zero attached hydrogens (tertiary/aromatic N) is 2. The van der Waals surface area contributed by atoms with Gasteiger partial charge in [0.15, 0.2) is 5.96 Å². The van der Waals surface area contributed by atoms with Gasteiger partial charge in [-0.1, -0.05) is 0 Å². The Bertz CT molecular complexity index is 420. The molecular weight excluding hydrogens is 377 g/mol. The summed E-state index contributed by atoms with van der Waals surface area (Å²) in [5, 5.41) is 10.0. The highest BCUT2D eigenvalue weighted by Gasteiger charge is 2.07. The van der Waals surface area contributed by atoms with Gasteiger partial charge < -0.3 is 20.5 Å². The topological polar surface area (TPSA) is 53.4 Å². The molecule has 1 rings (SSSR count). The van der Waals surface area contributed by atoms with E-state index in [1.54, 1.807) is 0 Å². The minimum Gasteiger partial charge on any atom is -0.357 e. The van der Waals surface area contributed by atoms with Gasteiger partial charge in [-0.05, 0) is 39.3 Å². The van der Waals surface area contributed by atoms with Crippen LogP contribution in [0.4, 0.5) is 0 Å². The minimum atomic E-state index is 0. The zero-order valence-corrected chi connectivity index (χ0v) is 16.2. The summed E-state index contributed by atoms with van der Waals surface area (Å²) in [5.41, 5.74) is 1.37. The van der Waals surface area contributed by atoms with Gasteiger partial charge in [-0.25, -0.2) is 4.99 Å². The smallest absolute Gasteiger partial charge is 0.191 e. The van der Waals surface area contributed by atoms with Crippen molar-refractivity contribution in [1.82, 2.24) is 20.5 Å². The summed E-state index contributed by atoms with van der Waals surface area (Å²) in [6.07, 6.45) is 4.13. The molecule has 5 nitrogen and oxygen atoms in total. The number of rotatable bonds is 6. The number of aliphatic imine (C=N–C) groups is 1. The molecule has 0 aliphatic rings. The van der Waals surface area contributed by atoms with E-state index in [2.05, 4.69) is 60.9 Å². The van der Waals surface area contributed by atoms with Gasteiger partial charge in [0.2, 0.25) is 0 Å². The van der Waals surface area contributed by atoms with Crippen LogP contribution in [-0.4, -0.2) is 35.7 Å². The number of hydrogen-bond acceptors (Lipinski definition) is 2. The van der Waals surface area contributed by atoms with Gasteiger partial charge in [-0.2, -0.15) is 0 Å². The van der Waals surface area contributed by atoms with Crippen molar-refractivity contribution in [1.29, 1.82) is 0 Å². The first-order valence-electron chi connectivity index (χ1n) is 7.29. The van der Waals surface area contributed by atoms with Crippen LogP contribution in [0, 0.1) is 0 Å². The molecule has 6 heteroatoms. The van der Waals surface area contributed by atoms with Crippen molar-refractivity contribution in [2.75, 3.05) is 19.6 Å². The Morgan fingerprint density at radius 3 is 2.48 bits per heavy atom. The van der Waals surface area contributed by atoms with Crippen LogP contribution in [0.3, 0.4) is 0 Å². The lowest BCUT2D eigenvalue weighted by atomic mass is 10.1. The Labute approximate surface area is 146 Å². The van der Waals surface area contributed by atoms with E-state index in [1.165, 1.54) is 5.56 Å². The van der Waals surface area contributed by atoms with E-state index in [0.29, 0.717) is 6.54 Å². The summed E-state index contributed by atoms with van der Waals surface area (Å²) >= 11 is 0. The van der Waals surface area contributed by atoms with Crippen LogP contribution in [0.1, 0.15) is 33.3 Å². The highest BCUT2D eigenvalue weighted by Crippen LogP contribution is 2.01. The van der Waals surface area contributed by atoms with Crippen LogP contribution in [0.2, 0.25) is 0 Å². The lowest BCUT2D eigenvalue weighted by molar-refractivity contribution is 0.428. The fourth-order valence-corrected chi connectivity index (χ4v) is 1.78. The number of halogens is 1. The Morgan fingerprint density at radius 1 is 1.24 bits per heavy atom. The third kappa shape index (κ3) is 9.73. The lowest BCUT2D eigenvalue weighted by Crippen LogP contribution is -2.44. The quantitative estimate of drug-likeness (QED) is 0.293. The highest BCUT2D eigenvalue weighted by atomic mass is 127. The molecule has 21 heavy (non-hydrogen) atoms. The summed E-state index contributed by atoms with van der Waals surface area (Å²) in [6, 6.07) is 2.09. The maximum atomic E-state index is 4.58. The van der Waals surface area contributed by atoms with Crippen molar-refractivity contribution in [3.8, 4) is 0 Å². The standard InChI is InChI=1S/C15H29N5.HI/c1-6-16-14(17-8-9-19-15(2,3)4)18-11-13-7-10-20(5)12-13;/h7,10,12,19H,6,8-9,11H2,1-5H3,(H2,16,17,18);1H. The largest absolute Gasteiger partial charge is 0.357 e. The molecule has 0 saturated heterocycles. The van der Waals surface area contributed by atoms with E-state index >= 15 is 0 Å². The first-order valence-corrected chi connectivity index (χ1v) is 7.29. The predicted octanol–water partition coefficient (Wildman–Crippen LogP) is 2.09. The monoisotopic (exact) mass is 407 g/mol. The minimum absolute atomic E-state index is 0. The van der Waals surface area contributed by atoms with Gasteiger partial charge in [0.05, 0.1) is 6.54 Å². The molecule has 0 atom stereocenters. The zero-order chi connectivity index (χ0) is 15.0. The van der Waals surface area contributed by atoms with E-state index < -0.39 is 0 Å². The lowest BCUT2D eigenvalue weighted by Gasteiger charge is -2.21. The Hall–Kier alpha value is -0.760. The second-order valence-corrected chi connectivity index (χ2v) is 5.98. The van der Waals surface area contributed by atoms with Gasteiger partial charge in [-0.15, -0.1) is 24.0 Å². The van der Waals surface area contributed by atoms with Crippen molar-refractivity contribution in [3.05, 3.63) is 24.0 Å². The first-order chi connectivity index (χ1) is 9.40. The molecule has 0 radical (unpaired) electrons. The fourth-order valence-electron chi connectivity index (χ4n) is 1.78. The van der Waals surface area contributed by atoms with E-state index in [1.807, 2.05) is 17.8 Å². The molecule has 1 heterocycles. The van der Waals surface area contributed by atoms with Crippen molar-refractivity contribution in [2.45, 2.75) is 39.8 Å². The molecule has 0 spiro atoms. The number of nitrogens with one attached hydrogen (secondary N) is 3. The summed E-state index contributed by atoms with van der Waals surface area (Å²) in [5.74, 6) is 0.868. The maximum absolute atomic E-state index is 4.58. The molecule has 3 N–H and O–H groups in total. The van der Waals surface area contributed by atoms with Crippen molar-refractivity contribution in [2.24, 2.45) is 12.0 Å². The number of aryl methyl sites for hydroxylation is 1. The van der Waals surface area contributed by atoms with Gasteiger partial charge in [0.1, 0.15) is 0 Å². The summed E-state index contributed by atoms with van der Waals surface area (Å²) in [4.78, 5) is 4.58. The molecular formula is C15H30IN5. The van der Waals surface area contributed by atoms with Crippen LogP contribution < -0.4 is 16.0 Å². The van der Waals surface area contributed by atoms with Crippen molar-refractivity contribution in [3.63, 3.8) is 0 Å². The zero-order valence-electron chi connectivity index (χ0n) is 13.9. The van der Waals surface area contributed by atoms with Crippen LogP contribution >= 0.6 is 24.0 Å². The molecule has 0 amide bonds. The van der Waals surface area contributed by atoms with Gasteiger partial charge >= 0.3 is 0 Å². The van der Waals surface area contributed by atoms with Crippen LogP contribution in [0.15, 0.2) is 23.5 Å². The van der Waals surface area contributed by atoms with Crippen LogP contribution in [0.5, 0.6) is 0 Å². The number of aromatic nitrogens is 1. The molecule has 0 saturated carbocycles. The molecule has 0 aliphatic heterocycles. The van der Waals surface area contributed by atoms with Gasteiger partial charge in [0, 0.05) is 44.6 Å². The van der Waals surface area contributed by atoms with E-state index in [4.69, 9.17) is 0 Å². The first kappa shape index (κ1) is 20.2. The second-order valence-electron chi connectivity index (χ2n) is 5.98. The Kier molecular flexibility index (Phi) is 9.68. The third-order valence-corrected chi connectivity index (χ3v) is 2.73. The summed E-state index contributed by atoms with van der Waals surface area (Å²) in [7, 11) is 2.02. The normalized spacial score (nSPS) is 12.0. The molecule has 0 fully saturated rings. The van der Waals surface area contributed by atoms with E-state index in [9.17, 15) is 0 Å².